The van der Waals surface area contributed by atoms with Gasteiger partial charge in [0.1, 0.15) is 11.8 Å². The van der Waals surface area contributed by atoms with Gasteiger partial charge in [-0.15, -0.1) is 6.58 Å². The van der Waals surface area contributed by atoms with E-state index in [-0.39, 0.29) is 28.9 Å². The summed E-state index contributed by atoms with van der Waals surface area (Å²) in [4.78, 5) is 11.7. The average molecular weight is 307 g/mol. The van der Waals surface area contributed by atoms with E-state index in [2.05, 4.69) is 21.5 Å². The van der Waals surface area contributed by atoms with E-state index in [1.165, 1.54) is 12.4 Å². The third-order valence-corrected chi connectivity index (χ3v) is 4.08. The number of nitrogens with two attached hydrogens (primary N) is 1. The maximum Gasteiger partial charge on any atom is 0.244 e. The average Bonchev–Trinajstić information content (AvgIpc) is 3.01. The minimum Gasteiger partial charge on any atom is -0.492 e. The van der Waals surface area contributed by atoms with Crippen LogP contribution in [0.15, 0.2) is 19.0 Å². The van der Waals surface area contributed by atoms with Crippen LogP contribution >= 0.6 is 0 Å². The lowest BCUT2D eigenvalue weighted by atomic mass is 9.91. The number of imidazole rings is 1. The quantitative estimate of drug-likeness (QED) is 0.559. The van der Waals surface area contributed by atoms with Gasteiger partial charge in [-0.2, -0.15) is 9.97 Å². The van der Waals surface area contributed by atoms with Gasteiger partial charge >= 0.3 is 0 Å². The number of ether oxygens (including phenoxy) is 1. The second-order valence-electron chi connectivity index (χ2n) is 5.36. The number of hydrogen-bond acceptors (Lipinski definition) is 8. The summed E-state index contributed by atoms with van der Waals surface area (Å²) < 4.78 is 7.37. The minimum absolute atomic E-state index is 0.102. The number of aromatic hydroxyl groups is 1. The molecule has 3 heterocycles. The van der Waals surface area contributed by atoms with Crippen LogP contribution in [0.5, 0.6) is 5.88 Å². The fourth-order valence-corrected chi connectivity index (χ4v) is 2.78. The van der Waals surface area contributed by atoms with Crippen LogP contribution in [-0.2, 0) is 4.74 Å². The predicted octanol–water partition coefficient (Wildman–Crippen LogP) is -0.443. The molecule has 22 heavy (non-hydrogen) atoms. The highest BCUT2D eigenvalue weighted by Crippen LogP contribution is 2.43. The molecule has 2 aromatic rings. The fourth-order valence-electron chi connectivity index (χ4n) is 2.78. The number of aromatic nitrogens is 4. The summed E-state index contributed by atoms with van der Waals surface area (Å²) >= 11 is 0. The van der Waals surface area contributed by atoms with Crippen molar-refractivity contribution >= 4 is 17.1 Å². The van der Waals surface area contributed by atoms with E-state index in [9.17, 15) is 15.3 Å². The van der Waals surface area contributed by atoms with Gasteiger partial charge in [-0.1, -0.05) is 13.0 Å². The van der Waals surface area contributed by atoms with Gasteiger partial charge in [-0.05, 0) is 0 Å². The largest absolute Gasteiger partial charge is 0.492 e. The standard InChI is InChI=1S/C13H17N5O4/c1-3-13(4-19)8(20)6(2)11(22-13)18-5-15-7-9(18)16-12(14)17-10(7)21/h3,5-6,8,11,19-20H,1,4H2,2H3,(H3,14,16,17,21)/t6-,8+,11-,13-/m1/s1. The van der Waals surface area contributed by atoms with Gasteiger partial charge in [0.25, 0.3) is 0 Å². The molecule has 1 aliphatic heterocycles. The van der Waals surface area contributed by atoms with Crippen molar-refractivity contribution in [2.24, 2.45) is 5.92 Å². The van der Waals surface area contributed by atoms with Gasteiger partial charge in [-0.25, -0.2) is 4.98 Å². The van der Waals surface area contributed by atoms with E-state index in [0.717, 1.165) is 0 Å². The Morgan fingerprint density at radius 3 is 2.86 bits per heavy atom. The number of anilines is 1. The van der Waals surface area contributed by atoms with E-state index in [4.69, 9.17) is 10.5 Å². The Balaban J connectivity index is 2.11. The van der Waals surface area contributed by atoms with Gasteiger partial charge in [0.15, 0.2) is 11.2 Å². The first-order valence-corrected chi connectivity index (χ1v) is 6.73. The fraction of sp³-hybridized carbons (Fsp3) is 0.462. The normalized spacial score (nSPS) is 31.7. The summed E-state index contributed by atoms with van der Waals surface area (Å²) in [7, 11) is 0. The molecule has 9 heteroatoms. The number of aliphatic hydroxyl groups excluding tert-OH is 2. The number of nitrogens with zero attached hydrogens (tertiary/aromatic N) is 4. The highest BCUT2D eigenvalue weighted by molar-refractivity contribution is 5.77. The number of fused-ring (bicyclic) bond motifs is 1. The zero-order valence-electron chi connectivity index (χ0n) is 11.9. The van der Waals surface area contributed by atoms with Crippen molar-refractivity contribution in [2.75, 3.05) is 12.3 Å². The van der Waals surface area contributed by atoms with Gasteiger partial charge in [0, 0.05) is 5.92 Å². The van der Waals surface area contributed by atoms with Crippen LogP contribution in [0.4, 0.5) is 5.95 Å². The molecule has 9 nitrogen and oxygen atoms in total. The van der Waals surface area contributed by atoms with Crippen LogP contribution in [-0.4, -0.2) is 53.2 Å². The molecule has 0 spiro atoms. The van der Waals surface area contributed by atoms with E-state index in [0.29, 0.717) is 0 Å². The first-order valence-electron chi connectivity index (χ1n) is 6.73. The Morgan fingerprint density at radius 1 is 1.55 bits per heavy atom. The third-order valence-electron chi connectivity index (χ3n) is 4.08. The lowest BCUT2D eigenvalue weighted by Crippen LogP contribution is -2.42. The molecule has 118 valence electrons. The highest BCUT2D eigenvalue weighted by atomic mass is 16.6. The molecule has 0 unspecified atom stereocenters. The van der Waals surface area contributed by atoms with Crippen LogP contribution in [0, 0.1) is 5.92 Å². The van der Waals surface area contributed by atoms with Crippen molar-refractivity contribution in [1.29, 1.82) is 0 Å². The van der Waals surface area contributed by atoms with E-state index in [1.807, 2.05) is 0 Å². The monoisotopic (exact) mass is 307 g/mol. The zero-order chi connectivity index (χ0) is 16.1. The molecule has 0 radical (unpaired) electrons. The van der Waals surface area contributed by atoms with Crippen molar-refractivity contribution in [2.45, 2.75) is 24.9 Å². The first kappa shape index (κ1) is 14.7. The molecule has 1 aliphatic rings. The van der Waals surface area contributed by atoms with Crippen molar-refractivity contribution in [3.8, 4) is 5.88 Å². The van der Waals surface area contributed by atoms with E-state index in [1.54, 1.807) is 11.5 Å². The van der Waals surface area contributed by atoms with Gasteiger partial charge < -0.3 is 25.8 Å². The van der Waals surface area contributed by atoms with E-state index >= 15 is 0 Å². The molecule has 5 N–H and O–H groups in total. The molecular formula is C13H17N5O4. The molecule has 0 aliphatic carbocycles. The van der Waals surface area contributed by atoms with Crippen molar-refractivity contribution < 1.29 is 20.1 Å². The summed E-state index contributed by atoms with van der Waals surface area (Å²) in [6.45, 7) is 4.98. The summed E-state index contributed by atoms with van der Waals surface area (Å²) in [6, 6.07) is 0. The lowest BCUT2D eigenvalue weighted by Gasteiger charge is -2.26. The summed E-state index contributed by atoms with van der Waals surface area (Å²) in [5.74, 6) is -0.805. The Hall–Kier alpha value is -2.23. The summed E-state index contributed by atoms with van der Waals surface area (Å²) in [5, 5.41) is 29.7. The SMILES string of the molecule is C=C[C@]1(CO)O[C@@H](n2cnc3c(O)nc(N)nc32)[C@H](C)[C@@H]1O. The second kappa shape index (κ2) is 4.90. The highest BCUT2D eigenvalue weighted by Gasteiger charge is 2.51. The molecule has 0 bridgehead atoms. The Kier molecular flexibility index (Phi) is 3.28. The molecule has 0 aromatic carbocycles. The van der Waals surface area contributed by atoms with Crippen LogP contribution in [0.3, 0.4) is 0 Å². The van der Waals surface area contributed by atoms with E-state index < -0.39 is 24.5 Å². The zero-order valence-corrected chi connectivity index (χ0v) is 11.9. The molecule has 2 aromatic heterocycles. The molecule has 1 fully saturated rings. The van der Waals surface area contributed by atoms with Crippen LogP contribution < -0.4 is 5.73 Å². The number of rotatable bonds is 3. The second-order valence-corrected chi connectivity index (χ2v) is 5.36. The smallest absolute Gasteiger partial charge is 0.244 e. The van der Waals surface area contributed by atoms with Gasteiger partial charge in [0.2, 0.25) is 11.8 Å². The predicted molar refractivity (Wildman–Crippen MR) is 76.7 cm³/mol. The minimum atomic E-state index is -1.26. The number of aliphatic hydroxyl groups is 2. The van der Waals surface area contributed by atoms with Crippen LogP contribution in [0.1, 0.15) is 13.2 Å². The first-order chi connectivity index (χ1) is 10.4. The van der Waals surface area contributed by atoms with Crippen molar-refractivity contribution in [1.82, 2.24) is 19.5 Å². The van der Waals surface area contributed by atoms with Crippen LogP contribution in [0.25, 0.3) is 11.2 Å². The Bertz CT molecular complexity index is 733. The Morgan fingerprint density at radius 2 is 2.27 bits per heavy atom. The number of nitrogen functional groups attached to an aromatic ring is 1. The van der Waals surface area contributed by atoms with Crippen molar-refractivity contribution in [3.05, 3.63) is 19.0 Å². The number of hydrogen-bond donors (Lipinski definition) is 4. The maximum absolute atomic E-state index is 10.4. The van der Waals surface area contributed by atoms with Gasteiger partial charge in [0.05, 0.1) is 19.0 Å². The summed E-state index contributed by atoms with van der Waals surface area (Å²) in [6.07, 6.45) is 1.20. The third kappa shape index (κ3) is 1.86. The topological polar surface area (TPSA) is 140 Å². The summed E-state index contributed by atoms with van der Waals surface area (Å²) in [5.41, 5.74) is 4.75. The molecule has 0 amide bonds. The molecule has 0 saturated carbocycles. The lowest BCUT2D eigenvalue weighted by molar-refractivity contribution is -0.0957. The maximum atomic E-state index is 10.4. The van der Waals surface area contributed by atoms with Crippen LogP contribution in [0.2, 0.25) is 0 Å². The van der Waals surface area contributed by atoms with Crippen molar-refractivity contribution in [3.63, 3.8) is 0 Å². The van der Waals surface area contributed by atoms with Gasteiger partial charge in [-0.3, -0.25) is 4.57 Å². The molecular weight excluding hydrogens is 290 g/mol. The molecule has 3 rings (SSSR count). The molecule has 4 atom stereocenters. The molecule has 1 saturated heterocycles. The Labute approximate surface area is 125 Å².